The van der Waals surface area contributed by atoms with Gasteiger partial charge >= 0.3 is 0 Å². The highest BCUT2D eigenvalue weighted by Crippen LogP contribution is 2.30. The van der Waals surface area contributed by atoms with Gasteiger partial charge in [-0.25, -0.2) is 0 Å². The Morgan fingerprint density at radius 1 is 0.154 bits per heavy atom. The molecule has 0 saturated heterocycles. The second-order valence-electron chi connectivity index (χ2n) is 17.3. The van der Waals surface area contributed by atoms with E-state index < -0.39 is 8.07 Å². The van der Waals surface area contributed by atoms with Gasteiger partial charge in [-0.3, -0.25) is 0 Å². The fourth-order valence-electron chi connectivity index (χ4n) is 10.1. The first-order valence-electron chi connectivity index (χ1n) is 22.5. The predicted molar refractivity (Wildman–Crippen MR) is 282 cm³/mol. The Labute approximate surface area is 381 Å². The first kappa shape index (κ1) is 38.6. The zero-order valence-electron chi connectivity index (χ0n) is 35.9. The molecule has 0 spiro atoms. The summed E-state index contributed by atoms with van der Waals surface area (Å²) in [4.78, 5) is 0. The van der Waals surface area contributed by atoms with Crippen LogP contribution >= 0.6 is 0 Å². The van der Waals surface area contributed by atoms with E-state index in [1.165, 1.54) is 108 Å². The van der Waals surface area contributed by atoms with Gasteiger partial charge in [-0.15, -0.1) is 0 Å². The van der Waals surface area contributed by atoms with Crippen molar-refractivity contribution in [2.75, 3.05) is 0 Å². The van der Waals surface area contributed by atoms with Crippen molar-refractivity contribution in [2.45, 2.75) is 0 Å². The van der Waals surface area contributed by atoms with Crippen molar-refractivity contribution in [3.63, 3.8) is 0 Å². The lowest BCUT2D eigenvalue weighted by Crippen LogP contribution is -2.74. The SMILES string of the molecule is c1ccc2cc(-c3ccc([Si](c4ccc(-c5ccc6ccccc6c5)cc4)(c4ccc(-c5ccc6ccccc6c5)cc4)c4ccc(-c5ccc6ccccc6c5)cc4)cc3)ccc2c1. The van der Waals surface area contributed by atoms with Crippen LogP contribution in [-0.4, -0.2) is 8.07 Å². The Hall–Kier alpha value is -8.10. The maximum atomic E-state index is 2.42. The van der Waals surface area contributed by atoms with Crippen molar-refractivity contribution in [2.24, 2.45) is 0 Å². The largest absolute Gasteiger partial charge is 0.179 e. The van der Waals surface area contributed by atoms with Gasteiger partial charge in [0.15, 0.2) is 8.07 Å². The average molecular weight is 841 g/mol. The molecule has 0 aliphatic heterocycles. The quantitative estimate of drug-likeness (QED) is 0.106. The number of rotatable bonds is 8. The Balaban J connectivity index is 1.04. The molecule has 0 atom stereocenters. The number of benzene rings is 12. The molecule has 0 radical (unpaired) electrons. The van der Waals surface area contributed by atoms with Crippen LogP contribution in [0.5, 0.6) is 0 Å². The predicted octanol–water partition coefficient (Wildman–Crippen LogP) is 14.3. The lowest BCUT2D eigenvalue weighted by Gasteiger charge is -2.35. The van der Waals surface area contributed by atoms with Crippen molar-refractivity contribution in [1.82, 2.24) is 0 Å². The summed E-state index contributed by atoms with van der Waals surface area (Å²) in [5.74, 6) is 0. The van der Waals surface area contributed by atoms with Crippen LogP contribution in [0.15, 0.2) is 267 Å². The minimum Gasteiger partial charge on any atom is -0.0616 e. The van der Waals surface area contributed by atoms with Crippen LogP contribution in [0.1, 0.15) is 0 Å². The molecule has 0 aliphatic carbocycles. The third-order valence-corrected chi connectivity index (χ3v) is 18.4. The maximum absolute atomic E-state index is 2.97. The normalized spacial score (nSPS) is 11.7. The van der Waals surface area contributed by atoms with Crippen molar-refractivity contribution >= 4 is 71.9 Å². The Kier molecular flexibility index (Phi) is 9.63. The topological polar surface area (TPSA) is 0 Å². The summed E-state index contributed by atoms with van der Waals surface area (Å²) in [6.45, 7) is 0. The van der Waals surface area contributed by atoms with Crippen molar-refractivity contribution in [3.8, 4) is 44.5 Å². The van der Waals surface area contributed by atoms with Gasteiger partial charge in [-0.05, 0) is 133 Å². The molecular weight excluding hydrogens is 797 g/mol. The van der Waals surface area contributed by atoms with E-state index in [2.05, 4.69) is 267 Å². The summed E-state index contributed by atoms with van der Waals surface area (Å²) in [6.07, 6.45) is 0. The van der Waals surface area contributed by atoms with Crippen LogP contribution in [0.2, 0.25) is 0 Å². The van der Waals surface area contributed by atoms with Crippen LogP contribution in [0.3, 0.4) is 0 Å². The van der Waals surface area contributed by atoms with Crippen LogP contribution in [0.25, 0.3) is 87.6 Å². The molecule has 0 fully saturated rings. The van der Waals surface area contributed by atoms with Crippen LogP contribution in [0.4, 0.5) is 0 Å². The molecule has 0 aliphatic rings. The molecule has 0 bridgehead atoms. The summed E-state index contributed by atoms with van der Waals surface area (Å²) in [7, 11) is -2.97. The second-order valence-corrected chi connectivity index (χ2v) is 21.1. The van der Waals surface area contributed by atoms with E-state index in [-0.39, 0.29) is 0 Å². The Bertz CT molecular complexity index is 3180. The molecular formula is C64H44Si. The number of hydrogen-bond donors (Lipinski definition) is 0. The maximum Gasteiger partial charge on any atom is 0.179 e. The van der Waals surface area contributed by atoms with E-state index >= 15 is 0 Å². The van der Waals surface area contributed by atoms with E-state index in [4.69, 9.17) is 0 Å². The van der Waals surface area contributed by atoms with Gasteiger partial charge in [-0.2, -0.15) is 0 Å². The minimum atomic E-state index is -2.97. The second kappa shape index (κ2) is 16.2. The highest BCUT2D eigenvalue weighted by Gasteiger charge is 2.41. The molecule has 0 saturated carbocycles. The first-order chi connectivity index (χ1) is 32.2. The standard InChI is InChI=1S/C64H44Si/c1-5-13-53-41-57(21-17-45(53)9-1)49-25-33-61(34-26-49)65(62-35-27-50(28-36-62)58-22-18-46-10-2-6-14-54(46)42-58,63-37-29-51(30-38-63)59-23-19-47-11-3-7-15-55(47)43-59)64-39-31-52(32-40-64)60-24-20-48-12-4-8-16-56(48)44-60/h1-44H. The molecule has 0 amide bonds. The molecule has 304 valence electrons. The van der Waals surface area contributed by atoms with Gasteiger partial charge in [0.25, 0.3) is 0 Å². The molecule has 0 N–H and O–H groups in total. The lowest BCUT2D eigenvalue weighted by molar-refractivity contribution is 1.62. The Morgan fingerprint density at radius 2 is 0.338 bits per heavy atom. The molecule has 1 heteroatoms. The molecule has 12 rings (SSSR count). The van der Waals surface area contributed by atoms with Crippen molar-refractivity contribution in [3.05, 3.63) is 267 Å². The van der Waals surface area contributed by atoms with E-state index in [1.54, 1.807) is 0 Å². The molecule has 65 heavy (non-hydrogen) atoms. The van der Waals surface area contributed by atoms with Gasteiger partial charge in [0.2, 0.25) is 0 Å². The Morgan fingerprint density at radius 3 is 0.554 bits per heavy atom. The van der Waals surface area contributed by atoms with Crippen molar-refractivity contribution in [1.29, 1.82) is 0 Å². The smallest absolute Gasteiger partial charge is 0.0616 e. The fourth-order valence-corrected chi connectivity index (χ4v) is 14.8. The summed E-state index contributed by atoms with van der Waals surface area (Å²) in [5, 5.41) is 15.4. The zero-order chi connectivity index (χ0) is 43.2. The first-order valence-corrected chi connectivity index (χ1v) is 24.5. The molecule has 0 heterocycles. The van der Waals surface area contributed by atoms with E-state index in [9.17, 15) is 0 Å². The van der Waals surface area contributed by atoms with E-state index in [1.807, 2.05) is 0 Å². The molecule has 0 unspecified atom stereocenters. The summed E-state index contributed by atoms with van der Waals surface area (Å²) in [6, 6.07) is 99.8. The summed E-state index contributed by atoms with van der Waals surface area (Å²) in [5.41, 5.74) is 9.76. The van der Waals surface area contributed by atoms with E-state index in [0.717, 1.165) is 0 Å². The monoisotopic (exact) mass is 840 g/mol. The molecule has 12 aromatic carbocycles. The fraction of sp³-hybridized carbons (Fsp3) is 0. The van der Waals surface area contributed by atoms with Gasteiger partial charge in [0.05, 0.1) is 0 Å². The third-order valence-electron chi connectivity index (χ3n) is 13.6. The summed E-state index contributed by atoms with van der Waals surface area (Å²) < 4.78 is 0. The van der Waals surface area contributed by atoms with Crippen LogP contribution in [-0.2, 0) is 0 Å². The lowest BCUT2D eigenvalue weighted by atomic mass is 10.0. The highest BCUT2D eigenvalue weighted by atomic mass is 28.3. The van der Waals surface area contributed by atoms with Crippen LogP contribution < -0.4 is 20.7 Å². The van der Waals surface area contributed by atoms with E-state index in [0.29, 0.717) is 0 Å². The van der Waals surface area contributed by atoms with Gasteiger partial charge < -0.3 is 0 Å². The highest BCUT2D eigenvalue weighted by molar-refractivity contribution is 7.19. The molecule has 0 nitrogen and oxygen atoms in total. The third kappa shape index (κ3) is 7.04. The van der Waals surface area contributed by atoms with Crippen LogP contribution in [0, 0.1) is 0 Å². The van der Waals surface area contributed by atoms with Gasteiger partial charge in [0.1, 0.15) is 0 Å². The number of fused-ring (bicyclic) bond motifs is 4. The average Bonchev–Trinajstić information content (AvgIpc) is 3.39. The van der Waals surface area contributed by atoms with Gasteiger partial charge in [-0.1, -0.05) is 243 Å². The molecule has 0 aromatic heterocycles. The van der Waals surface area contributed by atoms with Crippen molar-refractivity contribution < 1.29 is 0 Å². The van der Waals surface area contributed by atoms with Gasteiger partial charge in [0, 0.05) is 0 Å². The minimum absolute atomic E-state index is 1.22. The zero-order valence-corrected chi connectivity index (χ0v) is 36.9. The summed E-state index contributed by atoms with van der Waals surface area (Å²) >= 11 is 0. The molecule has 12 aromatic rings. The number of hydrogen-bond acceptors (Lipinski definition) is 0.